The van der Waals surface area contributed by atoms with Gasteiger partial charge in [-0.1, -0.05) is 30.0 Å². The van der Waals surface area contributed by atoms with Gasteiger partial charge in [0.1, 0.15) is 10.8 Å². The van der Waals surface area contributed by atoms with Crippen LogP contribution in [0.25, 0.3) is 0 Å². The summed E-state index contributed by atoms with van der Waals surface area (Å²) in [5.74, 6) is 0.824. The summed E-state index contributed by atoms with van der Waals surface area (Å²) in [4.78, 5) is 28.8. The third kappa shape index (κ3) is 4.74. The zero-order valence-electron chi connectivity index (χ0n) is 15.9. The fourth-order valence-corrected chi connectivity index (χ4v) is 4.30. The number of nitrogens with zero attached hydrogens (tertiary/aromatic N) is 2. The molecule has 1 heterocycles. The number of carbonyl (C=O) groups is 1. The minimum absolute atomic E-state index is 0.0457. The van der Waals surface area contributed by atoms with Crippen LogP contribution in [0.4, 0.5) is 0 Å². The van der Waals surface area contributed by atoms with E-state index in [1.54, 1.807) is 11.7 Å². The fourth-order valence-electron chi connectivity index (χ4n) is 3.39. The lowest BCUT2D eigenvalue weighted by Gasteiger charge is -2.14. The zero-order chi connectivity index (χ0) is 19.9. The van der Waals surface area contributed by atoms with Gasteiger partial charge >= 0.3 is 5.69 Å². The number of aliphatic hydroxyl groups excluding tert-OH is 1. The van der Waals surface area contributed by atoms with Gasteiger partial charge in [0.05, 0.1) is 12.9 Å². The lowest BCUT2D eigenvalue weighted by molar-refractivity contribution is -0.118. The minimum atomic E-state index is -0.300. The van der Waals surface area contributed by atoms with E-state index >= 15 is 0 Å². The number of para-hydroxylation sites is 1. The highest BCUT2D eigenvalue weighted by molar-refractivity contribution is 7.99. The van der Waals surface area contributed by atoms with Gasteiger partial charge in [0.15, 0.2) is 0 Å². The second-order valence-corrected chi connectivity index (χ2v) is 7.55. The van der Waals surface area contributed by atoms with Crippen LogP contribution >= 0.6 is 11.8 Å². The van der Waals surface area contributed by atoms with Crippen molar-refractivity contribution in [3.8, 4) is 5.75 Å². The monoisotopic (exact) mass is 403 g/mol. The van der Waals surface area contributed by atoms with Gasteiger partial charge in [-0.2, -0.15) is 4.98 Å². The Labute approximate surface area is 168 Å². The third-order valence-electron chi connectivity index (χ3n) is 4.75. The SMILES string of the molecule is COc1ccccc1CNC(=O)CSc1nc(=O)n(CCCO)c2c1CCC2. The Morgan fingerprint density at radius 3 is 2.96 bits per heavy atom. The Bertz CT molecular complexity index is 898. The highest BCUT2D eigenvalue weighted by Crippen LogP contribution is 2.29. The number of ether oxygens (including phenoxy) is 1. The molecule has 0 atom stereocenters. The summed E-state index contributed by atoms with van der Waals surface area (Å²) >= 11 is 1.31. The number of fused-ring (bicyclic) bond motifs is 1. The van der Waals surface area contributed by atoms with Crippen molar-refractivity contribution in [3.63, 3.8) is 0 Å². The number of nitrogens with one attached hydrogen (secondary N) is 1. The van der Waals surface area contributed by atoms with Crippen LogP contribution in [0, 0.1) is 0 Å². The van der Waals surface area contributed by atoms with Gasteiger partial charge in [-0.25, -0.2) is 4.79 Å². The number of thioether (sulfide) groups is 1. The molecule has 3 rings (SSSR count). The molecule has 1 aromatic carbocycles. The zero-order valence-corrected chi connectivity index (χ0v) is 16.8. The maximum atomic E-state index is 12.4. The Balaban J connectivity index is 1.63. The number of hydrogen-bond donors (Lipinski definition) is 2. The van der Waals surface area contributed by atoms with E-state index in [1.807, 2.05) is 24.3 Å². The lowest BCUT2D eigenvalue weighted by atomic mass is 10.2. The van der Waals surface area contributed by atoms with E-state index in [-0.39, 0.29) is 24.0 Å². The maximum absolute atomic E-state index is 12.4. The minimum Gasteiger partial charge on any atom is -0.496 e. The lowest BCUT2D eigenvalue weighted by Crippen LogP contribution is -2.28. The van der Waals surface area contributed by atoms with Crippen molar-refractivity contribution in [2.45, 2.75) is 43.8 Å². The summed E-state index contributed by atoms with van der Waals surface area (Å²) in [6.45, 7) is 0.913. The first kappa shape index (κ1) is 20.4. The van der Waals surface area contributed by atoms with E-state index in [2.05, 4.69) is 10.3 Å². The van der Waals surface area contributed by atoms with E-state index in [4.69, 9.17) is 9.84 Å². The molecule has 0 aliphatic heterocycles. The molecule has 2 aromatic rings. The second-order valence-electron chi connectivity index (χ2n) is 6.58. The average Bonchev–Trinajstić information content (AvgIpc) is 3.20. The average molecular weight is 404 g/mol. The van der Waals surface area contributed by atoms with Gasteiger partial charge < -0.3 is 15.2 Å². The molecule has 1 aromatic heterocycles. The molecule has 0 saturated heterocycles. The molecule has 0 spiro atoms. The standard InChI is InChI=1S/C20H25N3O4S/c1-27-17-9-3-2-6-14(17)12-21-18(25)13-28-19-15-7-4-8-16(15)23(10-5-11-24)20(26)22-19/h2-3,6,9,24H,4-5,7-8,10-13H2,1H3,(H,21,25). The van der Waals surface area contributed by atoms with Crippen LogP contribution in [0.2, 0.25) is 0 Å². The van der Waals surface area contributed by atoms with E-state index in [1.165, 1.54) is 11.8 Å². The Morgan fingerprint density at radius 1 is 1.36 bits per heavy atom. The molecule has 8 heteroatoms. The first-order valence-electron chi connectivity index (χ1n) is 9.39. The first-order valence-corrected chi connectivity index (χ1v) is 10.4. The summed E-state index contributed by atoms with van der Waals surface area (Å²) in [5.41, 5.74) is 2.69. The van der Waals surface area contributed by atoms with Crippen LogP contribution in [0.5, 0.6) is 5.75 Å². The Morgan fingerprint density at radius 2 is 2.18 bits per heavy atom. The molecule has 150 valence electrons. The van der Waals surface area contributed by atoms with E-state index in [0.717, 1.165) is 41.8 Å². The van der Waals surface area contributed by atoms with Crippen molar-refractivity contribution < 1.29 is 14.6 Å². The molecule has 1 aliphatic carbocycles. The second kappa shape index (κ2) is 9.75. The number of amides is 1. The molecule has 7 nitrogen and oxygen atoms in total. The number of aliphatic hydroxyl groups is 1. The topological polar surface area (TPSA) is 93.5 Å². The fraction of sp³-hybridized carbons (Fsp3) is 0.450. The molecule has 28 heavy (non-hydrogen) atoms. The molecule has 1 amide bonds. The molecular weight excluding hydrogens is 378 g/mol. The van der Waals surface area contributed by atoms with Gasteiger partial charge in [0.2, 0.25) is 5.91 Å². The van der Waals surface area contributed by atoms with Crippen LogP contribution < -0.4 is 15.7 Å². The molecule has 0 bridgehead atoms. The molecule has 0 fully saturated rings. The smallest absolute Gasteiger partial charge is 0.348 e. The summed E-state index contributed by atoms with van der Waals surface area (Å²) in [5, 5.41) is 12.6. The van der Waals surface area contributed by atoms with E-state index < -0.39 is 0 Å². The van der Waals surface area contributed by atoms with Crippen molar-refractivity contribution in [1.29, 1.82) is 0 Å². The van der Waals surface area contributed by atoms with E-state index in [0.29, 0.717) is 24.5 Å². The predicted octanol–water partition coefficient (Wildman–Crippen LogP) is 1.53. The van der Waals surface area contributed by atoms with Crippen molar-refractivity contribution in [1.82, 2.24) is 14.9 Å². The molecule has 2 N–H and O–H groups in total. The molecule has 1 aliphatic rings. The highest BCUT2D eigenvalue weighted by atomic mass is 32.2. The molecule has 0 radical (unpaired) electrons. The van der Waals surface area contributed by atoms with Gasteiger partial charge in [0.25, 0.3) is 0 Å². The number of rotatable bonds is 9. The number of methoxy groups -OCH3 is 1. The molecular formula is C20H25N3O4S. The van der Waals surface area contributed by atoms with Crippen molar-refractivity contribution in [3.05, 3.63) is 51.6 Å². The van der Waals surface area contributed by atoms with Gasteiger partial charge in [0, 0.05) is 36.5 Å². The Kier molecular flexibility index (Phi) is 7.11. The van der Waals surface area contributed by atoms with Gasteiger partial charge in [-0.3, -0.25) is 9.36 Å². The maximum Gasteiger partial charge on any atom is 0.348 e. The van der Waals surface area contributed by atoms with E-state index in [9.17, 15) is 9.59 Å². The predicted molar refractivity (Wildman–Crippen MR) is 108 cm³/mol. The number of hydrogen-bond acceptors (Lipinski definition) is 6. The van der Waals surface area contributed by atoms with Crippen molar-refractivity contribution in [2.24, 2.45) is 0 Å². The normalized spacial score (nSPS) is 12.6. The Hall–Kier alpha value is -2.32. The van der Waals surface area contributed by atoms with Crippen LogP contribution in [0.3, 0.4) is 0 Å². The molecule has 0 saturated carbocycles. The summed E-state index contributed by atoms with van der Waals surface area (Å²) in [6.07, 6.45) is 3.22. The summed E-state index contributed by atoms with van der Waals surface area (Å²) in [6, 6.07) is 7.55. The van der Waals surface area contributed by atoms with Crippen molar-refractivity contribution >= 4 is 17.7 Å². The van der Waals surface area contributed by atoms with Crippen molar-refractivity contribution in [2.75, 3.05) is 19.5 Å². The number of benzene rings is 1. The summed E-state index contributed by atoms with van der Waals surface area (Å²) in [7, 11) is 1.60. The number of aromatic nitrogens is 2. The van der Waals surface area contributed by atoms with Gasteiger partial charge in [-0.15, -0.1) is 0 Å². The van der Waals surface area contributed by atoms with Gasteiger partial charge in [-0.05, 0) is 31.7 Å². The molecule has 0 unspecified atom stereocenters. The summed E-state index contributed by atoms with van der Waals surface area (Å²) < 4.78 is 6.96. The highest BCUT2D eigenvalue weighted by Gasteiger charge is 2.22. The quantitative estimate of drug-likeness (QED) is 0.487. The van der Waals surface area contributed by atoms with Crippen LogP contribution in [0.1, 0.15) is 29.7 Å². The van der Waals surface area contributed by atoms with Crippen LogP contribution in [-0.4, -0.2) is 40.0 Å². The third-order valence-corrected chi connectivity index (χ3v) is 5.77. The van der Waals surface area contributed by atoms with Crippen LogP contribution in [0.15, 0.2) is 34.1 Å². The first-order chi connectivity index (χ1) is 13.6. The largest absolute Gasteiger partial charge is 0.496 e. The number of carbonyl (C=O) groups excluding carboxylic acids is 1. The van der Waals surface area contributed by atoms with Crippen LogP contribution in [-0.2, 0) is 30.7 Å².